The van der Waals surface area contributed by atoms with Crippen LogP contribution in [-0.2, 0) is 0 Å². The van der Waals surface area contributed by atoms with Crippen LogP contribution in [0.3, 0.4) is 0 Å². The summed E-state index contributed by atoms with van der Waals surface area (Å²) in [6, 6.07) is 5.03. The van der Waals surface area contributed by atoms with Gasteiger partial charge in [0, 0.05) is 11.0 Å². The maximum absolute atomic E-state index is 12.1. The van der Waals surface area contributed by atoms with Crippen molar-refractivity contribution in [2.45, 2.75) is 25.9 Å². The molecule has 1 aromatic rings. The van der Waals surface area contributed by atoms with Gasteiger partial charge in [0.25, 0.3) is 11.8 Å². The molecule has 0 aliphatic carbocycles. The normalized spacial score (nSPS) is 15.2. The second kappa shape index (κ2) is 4.48. The van der Waals surface area contributed by atoms with Gasteiger partial charge in [-0.2, -0.15) is 0 Å². The fourth-order valence-electron chi connectivity index (χ4n) is 1.85. The minimum absolute atomic E-state index is 0.230. The molecule has 5 heteroatoms. The molecular formula is C13H14BrNO3. The number of halogens is 1. The third-order valence-corrected chi connectivity index (χ3v) is 3.37. The van der Waals surface area contributed by atoms with Crippen LogP contribution in [0.4, 0.5) is 0 Å². The van der Waals surface area contributed by atoms with Gasteiger partial charge in [-0.1, -0.05) is 15.9 Å². The summed E-state index contributed by atoms with van der Waals surface area (Å²) in [5.74, 6) is -0.577. The summed E-state index contributed by atoms with van der Waals surface area (Å²) in [5.41, 5.74) is -0.0420. The van der Waals surface area contributed by atoms with Crippen molar-refractivity contribution in [3.05, 3.63) is 33.8 Å². The summed E-state index contributed by atoms with van der Waals surface area (Å²) in [6.45, 7) is 3.54. The van der Waals surface area contributed by atoms with E-state index < -0.39 is 5.60 Å². The first kappa shape index (κ1) is 13.2. The van der Waals surface area contributed by atoms with Gasteiger partial charge >= 0.3 is 0 Å². The Kier molecular flexibility index (Phi) is 3.29. The van der Waals surface area contributed by atoms with E-state index in [0.717, 1.165) is 4.47 Å². The largest absolute Gasteiger partial charge is 0.390 e. The molecule has 0 fully saturated rings. The lowest BCUT2D eigenvalue weighted by Crippen LogP contribution is -2.35. The average Bonchev–Trinajstić information content (AvgIpc) is 2.48. The SMILES string of the molecule is CC(C)(O)CCN1C(=O)c2ccc(Br)cc2C1=O. The number of carbonyl (C=O) groups excluding carboxylic acids is 2. The van der Waals surface area contributed by atoms with Crippen LogP contribution in [0, 0.1) is 0 Å². The molecule has 1 aliphatic rings. The summed E-state index contributed by atoms with van der Waals surface area (Å²) in [7, 11) is 0. The summed E-state index contributed by atoms with van der Waals surface area (Å²) < 4.78 is 0.770. The van der Waals surface area contributed by atoms with Gasteiger partial charge in [-0.25, -0.2) is 0 Å². The average molecular weight is 312 g/mol. The number of nitrogens with zero attached hydrogens (tertiary/aromatic N) is 1. The fourth-order valence-corrected chi connectivity index (χ4v) is 2.21. The molecule has 1 aromatic carbocycles. The van der Waals surface area contributed by atoms with E-state index in [-0.39, 0.29) is 18.4 Å². The number of hydrogen-bond acceptors (Lipinski definition) is 3. The summed E-state index contributed by atoms with van der Waals surface area (Å²) in [4.78, 5) is 25.3. The fraction of sp³-hybridized carbons (Fsp3) is 0.385. The minimum atomic E-state index is -0.893. The summed E-state index contributed by atoms with van der Waals surface area (Å²) in [5, 5.41) is 9.65. The zero-order chi connectivity index (χ0) is 13.5. The first-order valence-corrected chi connectivity index (χ1v) is 6.47. The second-order valence-corrected chi connectivity index (χ2v) is 5.93. The van der Waals surface area contributed by atoms with E-state index in [2.05, 4.69) is 15.9 Å². The zero-order valence-electron chi connectivity index (χ0n) is 10.2. The predicted molar refractivity (Wildman–Crippen MR) is 70.4 cm³/mol. The summed E-state index contributed by atoms with van der Waals surface area (Å²) in [6.07, 6.45) is 0.361. The van der Waals surface area contributed by atoms with Crippen molar-refractivity contribution in [2.24, 2.45) is 0 Å². The number of imide groups is 1. The lowest BCUT2D eigenvalue weighted by atomic mass is 10.1. The molecule has 0 atom stereocenters. The third kappa shape index (κ3) is 2.47. The van der Waals surface area contributed by atoms with Crippen LogP contribution in [0.1, 0.15) is 41.0 Å². The Hall–Kier alpha value is -1.20. The van der Waals surface area contributed by atoms with Crippen LogP contribution in [0.2, 0.25) is 0 Å². The van der Waals surface area contributed by atoms with E-state index >= 15 is 0 Å². The van der Waals surface area contributed by atoms with Crippen LogP contribution in [0.25, 0.3) is 0 Å². The lowest BCUT2D eigenvalue weighted by molar-refractivity contribution is 0.0479. The standard InChI is InChI=1S/C13H14BrNO3/c1-13(2,18)5-6-15-11(16)9-4-3-8(14)7-10(9)12(15)17/h3-4,7,18H,5-6H2,1-2H3. The van der Waals surface area contributed by atoms with Crippen LogP contribution >= 0.6 is 15.9 Å². The first-order valence-electron chi connectivity index (χ1n) is 5.68. The Morgan fingerprint density at radius 3 is 2.44 bits per heavy atom. The first-order chi connectivity index (χ1) is 8.29. The van der Waals surface area contributed by atoms with Gasteiger partial charge < -0.3 is 5.11 Å². The van der Waals surface area contributed by atoms with Crippen molar-refractivity contribution in [1.29, 1.82) is 0 Å². The molecular weight excluding hydrogens is 298 g/mol. The molecule has 1 N–H and O–H groups in total. The van der Waals surface area contributed by atoms with Crippen LogP contribution < -0.4 is 0 Å². The van der Waals surface area contributed by atoms with E-state index in [4.69, 9.17) is 0 Å². The molecule has 0 spiro atoms. The van der Waals surface area contributed by atoms with Gasteiger partial charge in [-0.3, -0.25) is 14.5 Å². The van der Waals surface area contributed by atoms with Crippen molar-refractivity contribution >= 4 is 27.7 Å². The molecule has 4 nitrogen and oxygen atoms in total. The smallest absolute Gasteiger partial charge is 0.261 e. The van der Waals surface area contributed by atoms with E-state index in [1.807, 2.05) is 0 Å². The quantitative estimate of drug-likeness (QED) is 0.871. The van der Waals surface area contributed by atoms with Gasteiger partial charge in [-0.15, -0.1) is 0 Å². The monoisotopic (exact) mass is 311 g/mol. The number of rotatable bonds is 3. The summed E-state index contributed by atoms with van der Waals surface area (Å²) >= 11 is 3.28. The Balaban J connectivity index is 2.23. The zero-order valence-corrected chi connectivity index (χ0v) is 11.8. The molecule has 0 unspecified atom stereocenters. The molecule has 1 aliphatic heterocycles. The number of amides is 2. The number of fused-ring (bicyclic) bond motifs is 1. The molecule has 1 heterocycles. The van der Waals surface area contributed by atoms with Gasteiger partial charge in [0.1, 0.15) is 0 Å². The molecule has 2 rings (SSSR count). The topological polar surface area (TPSA) is 57.6 Å². The Bertz CT molecular complexity index is 519. The number of carbonyl (C=O) groups is 2. The van der Waals surface area contributed by atoms with Crippen molar-refractivity contribution in [3.8, 4) is 0 Å². The number of hydrogen-bond donors (Lipinski definition) is 1. The molecule has 2 amide bonds. The highest BCUT2D eigenvalue weighted by Gasteiger charge is 2.35. The van der Waals surface area contributed by atoms with Crippen molar-refractivity contribution in [1.82, 2.24) is 4.90 Å². The maximum atomic E-state index is 12.1. The van der Waals surface area contributed by atoms with Crippen LogP contribution in [0.15, 0.2) is 22.7 Å². The van der Waals surface area contributed by atoms with E-state index in [0.29, 0.717) is 17.5 Å². The van der Waals surface area contributed by atoms with Crippen molar-refractivity contribution < 1.29 is 14.7 Å². The maximum Gasteiger partial charge on any atom is 0.261 e. The third-order valence-electron chi connectivity index (χ3n) is 2.88. The van der Waals surface area contributed by atoms with Gasteiger partial charge in [0.15, 0.2) is 0 Å². The van der Waals surface area contributed by atoms with E-state index in [1.165, 1.54) is 4.90 Å². The lowest BCUT2D eigenvalue weighted by Gasteiger charge is -2.21. The molecule has 0 aromatic heterocycles. The molecule has 18 heavy (non-hydrogen) atoms. The highest BCUT2D eigenvalue weighted by atomic mass is 79.9. The Morgan fingerprint density at radius 1 is 1.22 bits per heavy atom. The number of aliphatic hydroxyl groups is 1. The predicted octanol–water partition coefficient (Wildman–Crippen LogP) is 2.21. The van der Waals surface area contributed by atoms with Crippen molar-refractivity contribution in [3.63, 3.8) is 0 Å². The minimum Gasteiger partial charge on any atom is -0.390 e. The highest BCUT2D eigenvalue weighted by Crippen LogP contribution is 2.26. The van der Waals surface area contributed by atoms with Crippen LogP contribution in [-0.4, -0.2) is 34.0 Å². The van der Waals surface area contributed by atoms with Crippen LogP contribution in [0.5, 0.6) is 0 Å². The molecule has 96 valence electrons. The molecule has 0 saturated heterocycles. The number of benzene rings is 1. The second-order valence-electron chi connectivity index (χ2n) is 5.01. The van der Waals surface area contributed by atoms with Gasteiger partial charge in [-0.05, 0) is 38.5 Å². The highest BCUT2D eigenvalue weighted by molar-refractivity contribution is 9.10. The Labute approximate surface area is 114 Å². The van der Waals surface area contributed by atoms with E-state index in [1.54, 1.807) is 32.0 Å². The van der Waals surface area contributed by atoms with Gasteiger partial charge in [0.05, 0.1) is 16.7 Å². The van der Waals surface area contributed by atoms with Crippen molar-refractivity contribution in [2.75, 3.05) is 6.54 Å². The Morgan fingerprint density at radius 2 is 1.83 bits per heavy atom. The van der Waals surface area contributed by atoms with Gasteiger partial charge in [0.2, 0.25) is 0 Å². The molecule has 0 bridgehead atoms. The molecule has 0 radical (unpaired) electrons. The molecule has 0 saturated carbocycles. The van der Waals surface area contributed by atoms with E-state index in [9.17, 15) is 14.7 Å².